The van der Waals surface area contributed by atoms with Crippen molar-refractivity contribution < 1.29 is 9.59 Å². The van der Waals surface area contributed by atoms with Gasteiger partial charge in [-0.15, -0.1) is 0 Å². The first-order chi connectivity index (χ1) is 16.7. The largest absolute Gasteiger partial charge is 0.348 e. The van der Waals surface area contributed by atoms with Crippen LogP contribution in [0, 0.1) is 13.8 Å². The Balaban J connectivity index is 1.56. The standard InChI is InChI=1S/C27H27N5O3/c1-14(2)32-25-23(13-29-32)21(26(34)28-12-22-15(3)7-16(4)30-27(22)35)11-24(31-25)18-6-5-17-9-20(33)10-19(17)8-18/h5-8,11,13-14H,9-10,12H2,1-4H3,(H,28,34)(H,30,35). The number of H-pyrrole nitrogens is 1. The monoisotopic (exact) mass is 469 g/mol. The van der Waals surface area contributed by atoms with Crippen LogP contribution in [-0.4, -0.2) is 31.4 Å². The fourth-order valence-electron chi connectivity index (χ4n) is 4.71. The van der Waals surface area contributed by atoms with Gasteiger partial charge in [0.1, 0.15) is 5.78 Å². The van der Waals surface area contributed by atoms with Crippen LogP contribution in [0.4, 0.5) is 0 Å². The number of nitrogens with zero attached hydrogens (tertiary/aromatic N) is 3. The second-order valence-electron chi connectivity index (χ2n) is 9.48. The van der Waals surface area contributed by atoms with E-state index in [9.17, 15) is 14.4 Å². The molecule has 1 amide bonds. The number of carbonyl (C=O) groups excluding carboxylic acids is 2. The van der Waals surface area contributed by atoms with Crippen LogP contribution in [0.3, 0.4) is 0 Å². The Labute approximate surface area is 202 Å². The Morgan fingerprint density at radius 2 is 1.89 bits per heavy atom. The molecular formula is C27H27N5O3. The van der Waals surface area contributed by atoms with Crippen LogP contribution in [0.5, 0.6) is 0 Å². The number of ketones is 1. The zero-order valence-corrected chi connectivity index (χ0v) is 20.2. The normalized spacial score (nSPS) is 13.0. The van der Waals surface area contributed by atoms with E-state index < -0.39 is 0 Å². The molecule has 0 aliphatic heterocycles. The summed E-state index contributed by atoms with van der Waals surface area (Å²) in [6.07, 6.45) is 2.55. The van der Waals surface area contributed by atoms with E-state index >= 15 is 0 Å². The number of fused-ring (bicyclic) bond motifs is 2. The van der Waals surface area contributed by atoms with Crippen molar-refractivity contribution in [3.63, 3.8) is 0 Å². The van der Waals surface area contributed by atoms with Gasteiger partial charge in [-0.25, -0.2) is 9.67 Å². The van der Waals surface area contributed by atoms with Crippen molar-refractivity contribution in [2.75, 3.05) is 0 Å². The van der Waals surface area contributed by atoms with Gasteiger partial charge in [-0.05, 0) is 62.6 Å². The smallest absolute Gasteiger partial charge is 0.253 e. The van der Waals surface area contributed by atoms with Gasteiger partial charge in [-0.3, -0.25) is 14.4 Å². The molecule has 0 saturated carbocycles. The van der Waals surface area contributed by atoms with Crippen molar-refractivity contribution in [3.05, 3.63) is 80.4 Å². The van der Waals surface area contributed by atoms with Crippen molar-refractivity contribution in [2.24, 2.45) is 0 Å². The van der Waals surface area contributed by atoms with E-state index in [0.717, 1.165) is 27.9 Å². The van der Waals surface area contributed by atoms with E-state index in [0.29, 0.717) is 40.7 Å². The van der Waals surface area contributed by atoms with E-state index in [4.69, 9.17) is 4.98 Å². The molecule has 0 fully saturated rings. The van der Waals surface area contributed by atoms with Gasteiger partial charge >= 0.3 is 0 Å². The zero-order valence-electron chi connectivity index (χ0n) is 20.2. The summed E-state index contributed by atoms with van der Waals surface area (Å²) in [7, 11) is 0. The highest BCUT2D eigenvalue weighted by molar-refractivity contribution is 6.06. The molecule has 0 atom stereocenters. The summed E-state index contributed by atoms with van der Waals surface area (Å²) < 4.78 is 1.79. The van der Waals surface area contributed by atoms with Crippen LogP contribution in [0.15, 0.2) is 41.3 Å². The van der Waals surface area contributed by atoms with Crippen LogP contribution >= 0.6 is 0 Å². The van der Waals surface area contributed by atoms with Gasteiger partial charge in [0.25, 0.3) is 11.5 Å². The van der Waals surface area contributed by atoms with E-state index in [2.05, 4.69) is 15.4 Å². The lowest BCUT2D eigenvalue weighted by atomic mass is 10.0. The minimum Gasteiger partial charge on any atom is -0.348 e. The first kappa shape index (κ1) is 22.7. The molecule has 0 saturated heterocycles. The third kappa shape index (κ3) is 4.16. The number of aromatic nitrogens is 4. The van der Waals surface area contributed by atoms with Crippen LogP contribution in [0.25, 0.3) is 22.3 Å². The number of carbonyl (C=O) groups is 2. The quantitative estimate of drug-likeness (QED) is 0.464. The Morgan fingerprint density at radius 1 is 1.11 bits per heavy atom. The molecule has 3 heterocycles. The first-order valence-electron chi connectivity index (χ1n) is 11.7. The number of hydrogen-bond donors (Lipinski definition) is 2. The minimum atomic E-state index is -0.308. The maximum atomic E-state index is 13.4. The highest BCUT2D eigenvalue weighted by Crippen LogP contribution is 2.30. The summed E-state index contributed by atoms with van der Waals surface area (Å²) in [6.45, 7) is 7.81. The van der Waals surface area contributed by atoms with Gasteiger partial charge < -0.3 is 10.3 Å². The van der Waals surface area contributed by atoms with Crippen molar-refractivity contribution in [3.8, 4) is 11.3 Å². The maximum Gasteiger partial charge on any atom is 0.253 e. The highest BCUT2D eigenvalue weighted by Gasteiger charge is 2.22. The molecule has 178 valence electrons. The van der Waals surface area contributed by atoms with Gasteiger partial charge in [0.15, 0.2) is 5.65 Å². The number of benzene rings is 1. The molecule has 0 unspecified atom stereocenters. The van der Waals surface area contributed by atoms with Crippen LogP contribution in [0.2, 0.25) is 0 Å². The minimum absolute atomic E-state index is 0.0533. The second-order valence-corrected chi connectivity index (χ2v) is 9.48. The van der Waals surface area contributed by atoms with E-state index in [1.54, 1.807) is 16.9 Å². The maximum absolute atomic E-state index is 13.4. The first-order valence-corrected chi connectivity index (χ1v) is 11.7. The Hall–Kier alpha value is -4.07. The average Bonchev–Trinajstić information content (AvgIpc) is 3.39. The molecule has 3 aromatic heterocycles. The lowest BCUT2D eigenvalue weighted by Crippen LogP contribution is -2.28. The zero-order chi connectivity index (χ0) is 24.9. The van der Waals surface area contributed by atoms with Crippen LogP contribution in [0.1, 0.15) is 58.2 Å². The Bertz CT molecular complexity index is 1560. The van der Waals surface area contributed by atoms with Crippen molar-refractivity contribution in [1.82, 2.24) is 25.1 Å². The predicted molar refractivity (Wildman–Crippen MR) is 133 cm³/mol. The number of hydrogen-bond acceptors (Lipinski definition) is 5. The number of rotatable bonds is 5. The number of aryl methyl sites for hydroxylation is 2. The summed E-state index contributed by atoms with van der Waals surface area (Å²) in [4.78, 5) is 45.3. The van der Waals surface area contributed by atoms with E-state index in [1.165, 1.54) is 0 Å². The van der Waals surface area contributed by atoms with Crippen LogP contribution < -0.4 is 10.9 Å². The third-order valence-electron chi connectivity index (χ3n) is 6.50. The number of nitrogens with one attached hydrogen (secondary N) is 2. The Morgan fingerprint density at radius 3 is 2.63 bits per heavy atom. The molecule has 1 aliphatic rings. The fourth-order valence-corrected chi connectivity index (χ4v) is 4.71. The molecule has 4 aromatic rings. The summed E-state index contributed by atoms with van der Waals surface area (Å²) in [5.74, 6) is -0.0995. The summed E-state index contributed by atoms with van der Waals surface area (Å²) in [6, 6.07) is 9.59. The SMILES string of the molecule is Cc1cc(C)c(CNC(=O)c2cc(-c3ccc4c(c3)CC(=O)C4)nc3c2cnn3C(C)C)c(=O)[nH]1. The molecule has 1 aliphatic carbocycles. The highest BCUT2D eigenvalue weighted by atomic mass is 16.2. The molecule has 0 spiro atoms. The summed E-state index contributed by atoms with van der Waals surface area (Å²) >= 11 is 0. The van der Waals surface area contributed by atoms with Crippen LogP contribution in [-0.2, 0) is 24.2 Å². The van der Waals surface area contributed by atoms with Crippen molar-refractivity contribution >= 4 is 22.7 Å². The summed E-state index contributed by atoms with van der Waals surface area (Å²) in [5, 5.41) is 8.02. The van der Waals surface area contributed by atoms with Gasteiger partial charge in [0.2, 0.25) is 0 Å². The lowest BCUT2D eigenvalue weighted by molar-refractivity contribution is -0.117. The molecule has 35 heavy (non-hydrogen) atoms. The van der Waals surface area contributed by atoms with Gasteiger partial charge in [0.05, 0.1) is 22.8 Å². The molecule has 1 aromatic carbocycles. The number of amides is 1. The van der Waals surface area contributed by atoms with Crippen molar-refractivity contribution in [1.29, 1.82) is 0 Å². The van der Waals surface area contributed by atoms with Gasteiger partial charge in [0, 0.05) is 42.2 Å². The average molecular weight is 470 g/mol. The molecular weight excluding hydrogens is 442 g/mol. The molecule has 5 rings (SSSR count). The molecule has 8 heteroatoms. The summed E-state index contributed by atoms with van der Waals surface area (Å²) in [5.41, 5.74) is 6.51. The molecule has 0 radical (unpaired) electrons. The molecule has 0 bridgehead atoms. The van der Waals surface area contributed by atoms with Gasteiger partial charge in [-0.1, -0.05) is 12.1 Å². The van der Waals surface area contributed by atoms with E-state index in [1.807, 2.05) is 52.0 Å². The fraction of sp³-hybridized carbons (Fsp3) is 0.296. The number of Topliss-reactive ketones (excluding diaryl/α,β-unsaturated/α-hetero) is 1. The number of aromatic amines is 1. The lowest BCUT2D eigenvalue weighted by Gasteiger charge is -2.12. The second kappa shape index (κ2) is 8.61. The molecule has 8 nitrogen and oxygen atoms in total. The van der Waals surface area contributed by atoms with Crippen molar-refractivity contribution in [2.45, 2.75) is 53.1 Å². The van der Waals surface area contributed by atoms with Gasteiger partial charge in [-0.2, -0.15) is 5.10 Å². The topological polar surface area (TPSA) is 110 Å². The predicted octanol–water partition coefficient (Wildman–Crippen LogP) is 3.58. The molecule has 2 N–H and O–H groups in total. The number of pyridine rings is 2. The Kier molecular flexibility index (Phi) is 5.59. The van der Waals surface area contributed by atoms with E-state index in [-0.39, 0.29) is 29.8 Å². The third-order valence-corrected chi connectivity index (χ3v) is 6.50.